The van der Waals surface area contributed by atoms with Crippen molar-refractivity contribution < 1.29 is 13.9 Å². The van der Waals surface area contributed by atoms with Crippen LogP contribution >= 0.6 is 0 Å². The van der Waals surface area contributed by atoms with Gasteiger partial charge in [-0.1, -0.05) is 6.07 Å². The van der Waals surface area contributed by atoms with Gasteiger partial charge in [0.1, 0.15) is 0 Å². The Kier molecular flexibility index (Phi) is 4.52. The zero-order valence-corrected chi connectivity index (χ0v) is 12.1. The van der Waals surface area contributed by atoms with E-state index >= 15 is 0 Å². The molecular formula is C16H22F2N2O. The summed E-state index contributed by atoms with van der Waals surface area (Å²) in [5, 5.41) is 13.4. The third-order valence-electron chi connectivity index (χ3n) is 4.60. The molecule has 3 nitrogen and oxygen atoms in total. The maximum absolute atomic E-state index is 13.4. The number of nitrogens with zero attached hydrogens (tertiary/aromatic N) is 1. The molecule has 1 aromatic rings. The van der Waals surface area contributed by atoms with Crippen molar-refractivity contribution in [3.63, 3.8) is 0 Å². The SMILES string of the molecule is OC1CC(c2ccc(F)c(F)c2)N(CC2CCCNC2)C1. The lowest BCUT2D eigenvalue weighted by molar-refractivity contribution is 0.158. The average Bonchev–Trinajstić information content (AvgIpc) is 2.84. The van der Waals surface area contributed by atoms with Crippen LogP contribution in [0.1, 0.15) is 30.9 Å². The predicted molar refractivity (Wildman–Crippen MR) is 76.9 cm³/mol. The van der Waals surface area contributed by atoms with E-state index in [0.29, 0.717) is 18.9 Å². The van der Waals surface area contributed by atoms with Gasteiger partial charge in [-0.15, -0.1) is 0 Å². The first-order valence-corrected chi connectivity index (χ1v) is 7.71. The highest BCUT2D eigenvalue weighted by Crippen LogP contribution is 2.34. The van der Waals surface area contributed by atoms with Gasteiger partial charge in [0.25, 0.3) is 0 Å². The van der Waals surface area contributed by atoms with E-state index < -0.39 is 11.6 Å². The predicted octanol–water partition coefficient (Wildman–Crippen LogP) is 2.07. The minimum Gasteiger partial charge on any atom is -0.392 e. The van der Waals surface area contributed by atoms with Crippen molar-refractivity contribution in [1.82, 2.24) is 10.2 Å². The fourth-order valence-corrected chi connectivity index (χ4v) is 3.56. The number of rotatable bonds is 3. The van der Waals surface area contributed by atoms with Crippen molar-refractivity contribution in [2.45, 2.75) is 31.4 Å². The van der Waals surface area contributed by atoms with Crippen LogP contribution in [0.3, 0.4) is 0 Å². The first-order valence-electron chi connectivity index (χ1n) is 7.71. The van der Waals surface area contributed by atoms with Gasteiger partial charge in [0.15, 0.2) is 11.6 Å². The van der Waals surface area contributed by atoms with E-state index in [-0.39, 0.29) is 12.1 Å². The van der Waals surface area contributed by atoms with E-state index in [1.165, 1.54) is 25.0 Å². The zero-order valence-electron chi connectivity index (χ0n) is 12.1. The highest BCUT2D eigenvalue weighted by atomic mass is 19.2. The molecule has 5 heteroatoms. The Morgan fingerprint density at radius 3 is 2.86 bits per heavy atom. The molecule has 3 rings (SSSR count). The monoisotopic (exact) mass is 296 g/mol. The normalized spacial score (nSPS) is 30.7. The van der Waals surface area contributed by atoms with Gasteiger partial charge in [0, 0.05) is 19.1 Å². The van der Waals surface area contributed by atoms with Crippen LogP contribution in [0.25, 0.3) is 0 Å². The topological polar surface area (TPSA) is 35.5 Å². The Balaban J connectivity index is 1.73. The minimum absolute atomic E-state index is 0.0166. The van der Waals surface area contributed by atoms with Gasteiger partial charge in [-0.05, 0) is 56.0 Å². The number of hydrogen-bond acceptors (Lipinski definition) is 3. The summed E-state index contributed by atoms with van der Waals surface area (Å²) in [6.45, 7) is 3.58. The number of aliphatic hydroxyl groups is 1. The van der Waals surface area contributed by atoms with Crippen LogP contribution in [0.2, 0.25) is 0 Å². The summed E-state index contributed by atoms with van der Waals surface area (Å²) in [5.74, 6) is -1.06. The van der Waals surface area contributed by atoms with Crippen LogP contribution in [0, 0.1) is 17.6 Å². The van der Waals surface area contributed by atoms with Gasteiger partial charge >= 0.3 is 0 Å². The Hall–Kier alpha value is -1.04. The molecule has 0 aromatic heterocycles. The summed E-state index contributed by atoms with van der Waals surface area (Å²) >= 11 is 0. The van der Waals surface area contributed by atoms with Gasteiger partial charge in [0.05, 0.1) is 6.10 Å². The third kappa shape index (κ3) is 3.42. The van der Waals surface area contributed by atoms with Crippen LogP contribution in [0.5, 0.6) is 0 Å². The molecule has 3 unspecified atom stereocenters. The maximum atomic E-state index is 13.4. The van der Waals surface area contributed by atoms with E-state index in [4.69, 9.17) is 0 Å². The summed E-state index contributed by atoms with van der Waals surface area (Å²) in [6, 6.07) is 4.06. The van der Waals surface area contributed by atoms with Gasteiger partial charge in [-0.2, -0.15) is 0 Å². The second kappa shape index (κ2) is 6.38. The Labute approximate surface area is 124 Å². The molecule has 2 N–H and O–H groups in total. The number of benzene rings is 1. The molecule has 21 heavy (non-hydrogen) atoms. The molecule has 0 radical (unpaired) electrons. The molecule has 2 heterocycles. The van der Waals surface area contributed by atoms with Crippen molar-refractivity contribution in [2.75, 3.05) is 26.2 Å². The summed E-state index contributed by atoms with van der Waals surface area (Å²) in [5.41, 5.74) is 0.759. The molecule has 116 valence electrons. The number of halogens is 2. The van der Waals surface area contributed by atoms with Crippen molar-refractivity contribution in [1.29, 1.82) is 0 Å². The highest BCUT2D eigenvalue weighted by Gasteiger charge is 2.33. The van der Waals surface area contributed by atoms with Crippen LogP contribution in [-0.4, -0.2) is 42.3 Å². The third-order valence-corrected chi connectivity index (χ3v) is 4.60. The molecule has 1 aromatic carbocycles. The lowest BCUT2D eigenvalue weighted by Gasteiger charge is -2.31. The fraction of sp³-hybridized carbons (Fsp3) is 0.625. The van der Waals surface area contributed by atoms with E-state index in [2.05, 4.69) is 10.2 Å². The van der Waals surface area contributed by atoms with Crippen LogP contribution in [0.15, 0.2) is 18.2 Å². The van der Waals surface area contributed by atoms with Crippen LogP contribution in [0.4, 0.5) is 8.78 Å². The second-order valence-corrected chi connectivity index (χ2v) is 6.25. The molecule has 2 fully saturated rings. The highest BCUT2D eigenvalue weighted by molar-refractivity contribution is 5.22. The average molecular weight is 296 g/mol. The fourth-order valence-electron chi connectivity index (χ4n) is 3.56. The van der Waals surface area contributed by atoms with Gasteiger partial charge < -0.3 is 10.4 Å². The van der Waals surface area contributed by atoms with Crippen molar-refractivity contribution in [2.24, 2.45) is 5.92 Å². The second-order valence-electron chi connectivity index (χ2n) is 6.25. The van der Waals surface area contributed by atoms with E-state index in [0.717, 1.165) is 25.2 Å². The lowest BCUT2D eigenvalue weighted by atomic mass is 9.97. The summed E-state index contributed by atoms with van der Waals surface area (Å²) < 4.78 is 26.5. The number of hydrogen-bond donors (Lipinski definition) is 2. The van der Waals surface area contributed by atoms with Crippen molar-refractivity contribution >= 4 is 0 Å². The number of piperidine rings is 1. The summed E-state index contributed by atoms with van der Waals surface area (Å²) in [6.07, 6.45) is 2.56. The Morgan fingerprint density at radius 1 is 1.29 bits per heavy atom. The maximum Gasteiger partial charge on any atom is 0.159 e. The molecule has 2 aliphatic rings. The first kappa shape index (κ1) is 14.9. The first-order chi connectivity index (χ1) is 10.1. The van der Waals surface area contributed by atoms with Gasteiger partial charge in [-0.25, -0.2) is 8.78 Å². The standard InChI is InChI=1S/C16H22F2N2O/c17-14-4-3-12(6-15(14)18)16-7-13(21)10-20(16)9-11-2-1-5-19-8-11/h3-4,6,11,13,16,19,21H,1-2,5,7-10H2. The molecule has 2 saturated heterocycles. The molecule has 2 aliphatic heterocycles. The minimum atomic E-state index is -0.819. The Morgan fingerprint density at radius 2 is 2.14 bits per heavy atom. The summed E-state index contributed by atoms with van der Waals surface area (Å²) in [7, 11) is 0. The van der Waals surface area contributed by atoms with Crippen molar-refractivity contribution in [3.8, 4) is 0 Å². The quantitative estimate of drug-likeness (QED) is 0.896. The number of β-amino-alcohol motifs (C(OH)–C–C–N with tert-alkyl or cyclic N) is 1. The van der Waals surface area contributed by atoms with E-state index in [1.54, 1.807) is 6.07 Å². The summed E-state index contributed by atoms with van der Waals surface area (Å²) in [4.78, 5) is 2.22. The lowest BCUT2D eigenvalue weighted by Crippen LogP contribution is -2.38. The van der Waals surface area contributed by atoms with Crippen molar-refractivity contribution in [3.05, 3.63) is 35.4 Å². The molecule has 0 bridgehead atoms. The molecule has 0 aliphatic carbocycles. The van der Waals surface area contributed by atoms with E-state index in [1.807, 2.05) is 0 Å². The Bertz CT molecular complexity index is 491. The van der Waals surface area contributed by atoms with Crippen LogP contribution < -0.4 is 5.32 Å². The zero-order chi connectivity index (χ0) is 14.8. The van der Waals surface area contributed by atoms with Gasteiger partial charge in [0.2, 0.25) is 0 Å². The van der Waals surface area contributed by atoms with Gasteiger partial charge in [-0.3, -0.25) is 4.90 Å². The molecule has 3 atom stereocenters. The number of likely N-dealkylation sites (tertiary alicyclic amines) is 1. The molecule has 0 spiro atoms. The number of aliphatic hydroxyl groups excluding tert-OH is 1. The number of nitrogens with one attached hydrogen (secondary N) is 1. The van der Waals surface area contributed by atoms with Crippen LogP contribution in [-0.2, 0) is 0 Å². The van der Waals surface area contributed by atoms with E-state index in [9.17, 15) is 13.9 Å². The molecule has 0 saturated carbocycles. The molecule has 0 amide bonds. The largest absolute Gasteiger partial charge is 0.392 e. The smallest absolute Gasteiger partial charge is 0.159 e. The molecular weight excluding hydrogens is 274 g/mol.